The molecule has 5 rings (SSSR count). The van der Waals surface area contributed by atoms with Crippen LogP contribution >= 0.6 is 11.6 Å². The third-order valence-corrected chi connectivity index (χ3v) is 11.7. The van der Waals surface area contributed by atoms with Crippen molar-refractivity contribution in [3.8, 4) is 5.75 Å². The number of hydrogen-bond donors (Lipinski definition) is 2. The Morgan fingerprint density at radius 1 is 1.16 bits per heavy atom. The lowest BCUT2D eigenvalue weighted by molar-refractivity contribution is -0.187. The second-order valence-electron chi connectivity index (χ2n) is 15.2. The third-order valence-electron chi connectivity index (χ3n) is 11.2. The van der Waals surface area contributed by atoms with E-state index in [1.165, 1.54) is 50.1 Å². The van der Waals surface area contributed by atoms with Gasteiger partial charge in [0, 0.05) is 45.3 Å². The van der Waals surface area contributed by atoms with E-state index >= 15 is 0 Å². The van der Waals surface area contributed by atoms with Gasteiger partial charge in [-0.25, -0.2) is 4.79 Å². The summed E-state index contributed by atoms with van der Waals surface area (Å²) in [5, 5.41) is 12.3. The number of rotatable bonds is 6. The maximum atomic E-state index is 14.2. The van der Waals surface area contributed by atoms with Gasteiger partial charge in [-0.05, 0) is 63.4 Å². The Labute approximate surface area is 327 Å². The number of nitrogen functional groups attached to an aromatic ring is 1. The zero-order valence-electron chi connectivity index (χ0n) is 32.9. The molecule has 3 heterocycles. The first-order chi connectivity index (χ1) is 25.8. The molecule has 0 saturated carbocycles. The monoisotopic (exact) mass is 781 g/mol. The summed E-state index contributed by atoms with van der Waals surface area (Å²) in [6.07, 6.45) is 2.01. The average Bonchev–Trinajstić information content (AvgIpc) is 3.83. The number of nitrogens with zero attached hydrogens (tertiary/aromatic N) is 2. The van der Waals surface area contributed by atoms with Crippen molar-refractivity contribution in [2.75, 3.05) is 38.9 Å². The van der Waals surface area contributed by atoms with Crippen molar-refractivity contribution in [3.63, 3.8) is 0 Å². The molecule has 0 unspecified atom stereocenters. The van der Waals surface area contributed by atoms with Crippen molar-refractivity contribution in [1.82, 2.24) is 4.90 Å². The first-order valence-electron chi connectivity index (χ1n) is 18.3. The number of ether oxygens (including phenoxy) is 5. The number of nitrogens with two attached hydrogens (primary N) is 1. The van der Waals surface area contributed by atoms with Crippen LogP contribution in [0.15, 0.2) is 54.1 Å². The SMILES string of the molecule is COc1cc(N)ccc1C(=O)N(C)[C@@H](C)C(=O)O[C@H]1CC(=O)N(C)c2cc(cc(C)c2Cl)C/C(C)=C/C=C/[C@@H](OC)[C@]2(O)CC(=O)O[C@@H](C2)[C@@H](C)[C@@H]2O[C@@]12C. The van der Waals surface area contributed by atoms with Gasteiger partial charge < -0.3 is 44.3 Å². The van der Waals surface area contributed by atoms with Crippen LogP contribution < -0.4 is 15.4 Å². The summed E-state index contributed by atoms with van der Waals surface area (Å²) < 4.78 is 29.3. The van der Waals surface area contributed by atoms with Crippen LogP contribution in [0.5, 0.6) is 5.75 Å². The van der Waals surface area contributed by atoms with Crippen molar-refractivity contribution >= 4 is 46.7 Å². The summed E-state index contributed by atoms with van der Waals surface area (Å²) in [6, 6.07) is 7.29. The fourth-order valence-corrected chi connectivity index (χ4v) is 7.78. The van der Waals surface area contributed by atoms with E-state index in [-0.39, 0.29) is 30.6 Å². The Hall–Kier alpha value is -4.43. The lowest BCUT2D eigenvalue weighted by Gasteiger charge is -2.41. The van der Waals surface area contributed by atoms with Crippen LogP contribution in [0.4, 0.5) is 11.4 Å². The second-order valence-corrected chi connectivity index (χ2v) is 15.6. The van der Waals surface area contributed by atoms with Crippen molar-refractivity contribution < 1.29 is 48.0 Å². The number of methoxy groups -OCH3 is 2. The zero-order chi connectivity index (χ0) is 40.6. The number of carbonyl (C=O) groups excluding carboxylic acids is 4. The third kappa shape index (κ3) is 8.70. The molecule has 2 fully saturated rings. The molecule has 3 N–H and O–H groups in total. The van der Waals surface area contributed by atoms with Gasteiger partial charge >= 0.3 is 11.9 Å². The number of amides is 2. The molecule has 0 aliphatic carbocycles. The van der Waals surface area contributed by atoms with E-state index < -0.39 is 71.3 Å². The topological polar surface area (TPSA) is 170 Å². The molecule has 2 amide bonds. The smallest absolute Gasteiger partial charge is 0.328 e. The fourth-order valence-electron chi connectivity index (χ4n) is 7.54. The number of anilines is 2. The Balaban J connectivity index is 1.51. The van der Waals surface area contributed by atoms with Crippen molar-refractivity contribution in [1.29, 1.82) is 0 Å². The molecule has 298 valence electrons. The van der Waals surface area contributed by atoms with Gasteiger partial charge in [-0.15, -0.1) is 0 Å². The van der Waals surface area contributed by atoms with Gasteiger partial charge in [0.05, 0.1) is 42.3 Å². The maximum absolute atomic E-state index is 14.2. The molecule has 0 radical (unpaired) electrons. The van der Waals surface area contributed by atoms with Gasteiger partial charge in [-0.3, -0.25) is 14.4 Å². The predicted octanol–water partition coefficient (Wildman–Crippen LogP) is 4.97. The van der Waals surface area contributed by atoms with Crippen LogP contribution in [-0.2, 0) is 39.8 Å². The van der Waals surface area contributed by atoms with E-state index in [1.807, 2.05) is 39.0 Å². The minimum absolute atomic E-state index is 0.0513. The Morgan fingerprint density at radius 3 is 2.55 bits per heavy atom. The van der Waals surface area contributed by atoms with Crippen LogP contribution in [-0.4, -0.2) is 104 Å². The summed E-state index contributed by atoms with van der Waals surface area (Å²) in [5.74, 6) is -2.55. The highest BCUT2D eigenvalue weighted by Gasteiger charge is 2.64. The fraction of sp³-hybridized carbons (Fsp3) is 0.512. The lowest BCUT2D eigenvalue weighted by atomic mass is 9.78. The minimum Gasteiger partial charge on any atom is -0.496 e. The van der Waals surface area contributed by atoms with E-state index in [4.69, 9.17) is 41.0 Å². The van der Waals surface area contributed by atoms with Crippen molar-refractivity contribution in [3.05, 3.63) is 75.8 Å². The number of halogens is 1. The van der Waals surface area contributed by atoms with Gasteiger partial charge in [0.2, 0.25) is 5.91 Å². The van der Waals surface area contributed by atoms with Crippen molar-refractivity contribution in [2.24, 2.45) is 5.92 Å². The molecule has 13 nitrogen and oxygen atoms in total. The van der Waals surface area contributed by atoms with Crippen LogP contribution in [0.25, 0.3) is 0 Å². The Kier molecular flexibility index (Phi) is 12.4. The molecule has 3 aliphatic rings. The highest BCUT2D eigenvalue weighted by molar-refractivity contribution is 6.34. The molecule has 0 spiro atoms. The molecule has 4 bridgehead atoms. The van der Waals surface area contributed by atoms with Gasteiger partial charge in [0.1, 0.15) is 41.3 Å². The Bertz CT molecular complexity index is 1900. The number of esters is 2. The van der Waals surface area contributed by atoms with Crippen LogP contribution in [0.2, 0.25) is 5.02 Å². The van der Waals surface area contributed by atoms with E-state index in [9.17, 15) is 24.3 Å². The first kappa shape index (κ1) is 41.7. The van der Waals surface area contributed by atoms with Crippen molar-refractivity contribution in [2.45, 2.75) is 102 Å². The largest absolute Gasteiger partial charge is 0.496 e. The molecule has 55 heavy (non-hydrogen) atoms. The molecule has 14 heteroatoms. The van der Waals surface area contributed by atoms with E-state index in [0.29, 0.717) is 22.8 Å². The maximum Gasteiger partial charge on any atom is 0.328 e. The first-order valence-corrected chi connectivity index (χ1v) is 18.6. The van der Waals surface area contributed by atoms with E-state index in [2.05, 4.69) is 0 Å². The summed E-state index contributed by atoms with van der Waals surface area (Å²) in [5.41, 5.74) is 6.83. The second kappa shape index (κ2) is 16.4. The zero-order valence-corrected chi connectivity index (χ0v) is 33.6. The summed E-state index contributed by atoms with van der Waals surface area (Å²) in [6.45, 7) is 8.89. The molecular weight excluding hydrogens is 730 g/mol. The molecular formula is C41H52ClN3O10. The summed E-state index contributed by atoms with van der Waals surface area (Å²) in [7, 11) is 5.96. The predicted molar refractivity (Wildman–Crippen MR) is 207 cm³/mol. The molecule has 3 aliphatic heterocycles. The van der Waals surface area contributed by atoms with Gasteiger partial charge in [0.15, 0.2) is 0 Å². The molecule has 2 saturated heterocycles. The van der Waals surface area contributed by atoms with E-state index in [1.54, 1.807) is 32.2 Å². The van der Waals surface area contributed by atoms with Gasteiger partial charge in [-0.1, -0.05) is 48.4 Å². The highest BCUT2D eigenvalue weighted by Crippen LogP contribution is 2.49. The lowest BCUT2D eigenvalue weighted by Crippen LogP contribution is -2.53. The number of aliphatic hydroxyl groups is 1. The normalized spacial score (nSPS) is 30.6. The summed E-state index contributed by atoms with van der Waals surface area (Å²) >= 11 is 6.79. The standard InChI is InChI=1S/C41H52ClN3O10/c1-22-11-10-12-32(52-9)41(50)20-31(53-35(47)21-41)24(3)37-40(5,55-37)33(19-34(46)45(7)29-17-26(15-22)16-23(2)36(29)42)54-39(49)25(4)44(6)38(48)28-14-13-27(43)18-30(28)51-8/h10-14,16-18,24-25,31-33,37,50H,15,19-21,43H2,1-9H3/b12-10+,22-11+/t24-,25+,31+,32-,33+,37+,40+,41-/m1/s1. The molecule has 2 aromatic rings. The number of carbonyl (C=O) groups is 4. The van der Waals surface area contributed by atoms with Gasteiger partial charge in [0.25, 0.3) is 5.91 Å². The minimum atomic E-state index is -1.58. The van der Waals surface area contributed by atoms with Crippen LogP contribution in [0.1, 0.15) is 68.4 Å². The highest BCUT2D eigenvalue weighted by atomic mass is 35.5. The number of allylic oxidation sites excluding steroid dienone is 3. The Morgan fingerprint density at radius 2 is 1.87 bits per heavy atom. The number of fused-ring (bicyclic) bond motifs is 5. The van der Waals surface area contributed by atoms with Crippen LogP contribution in [0, 0.1) is 12.8 Å². The summed E-state index contributed by atoms with van der Waals surface area (Å²) in [4.78, 5) is 57.3. The molecule has 8 atom stereocenters. The van der Waals surface area contributed by atoms with E-state index in [0.717, 1.165) is 16.7 Å². The van der Waals surface area contributed by atoms with Gasteiger partial charge in [-0.2, -0.15) is 0 Å². The molecule has 0 aromatic heterocycles. The quantitative estimate of drug-likeness (QED) is 0.231. The number of aryl methyl sites for hydroxylation is 1. The van der Waals surface area contributed by atoms with Crippen LogP contribution in [0.3, 0.4) is 0 Å². The average molecular weight is 782 g/mol. The molecule has 2 aromatic carbocycles. The number of benzene rings is 2. The number of hydrogen-bond acceptors (Lipinski definition) is 11. The number of likely N-dealkylation sites (N-methyl/N-ethyl adjacent to an activating group) is 1. The number of epoxide rings is 1.